The van der Waals surface area contributed by atoms with Crippen molar-refractivity contribution in [2.45, 2.75) is 24.2 Å². The van der Waals surface area contributed by atoms with Crippen LogP contribution in [0.15, 0.2) is 23.1 Å². The lowest BCUT2D eigenvalue weighted by Gasteiger charge is -2.07. The van der Waals surface area contributed by atoms with E-state index in [0.717, 1.165) is 12.1 Å². The summed E-state index contributed by atoms with van der Waals surface area (Å²) in [5.74, 6) is 1.38. The molecule has 1 aromatic rings. The van der Waals surface area contributed by atoms with Gasteiger partial charge in [0.1, 0.15) is 10.7 Å². The van der Waals surface area contributed by atoms with Crippen LogP contribution in [0.25, 0.3) is 0 Å². The van der Waals surface area contributed by atoms with Gasteiger partial charge >= 0.3 is 0 Å². The average Bonchev–Trinajstić information content (AvgIpc) is 2.38. The van der Waals surface area contributed by atoms with Gasteiger partial charge in [-0.15, -0.1) is 12.3 Å². The van der Waals surface area contributed by atoms with Crippen molar-refractivity contribution in [2.75, 3.05) is 6.54 Å². The molecule has 20 heavy (non-hydrogen) atoms. The van der Waals surface area contributed by atoms with Gasteiger partial charge in [0.15, 0.2) is 0 Å². The largest absolute Gasteiger partial charge is 0.270 e. The lowest BCUT2D eigenvalue weighted by molar-refractivity contribution is -0.385. The van der Waals surface area contributed by atoms with E-state index in [2.05, 4.69) is 10.6 Å². The van der Waals surface area contributed by atoms with Crippen molar-refractivity contribution in [1.82, 2.24) is 4.72 Å². The van der Waals surface area contributed by atoms with Crippen LogP contribution in [-0.2, 0) is 10.0 Å². The highest BCUT2D eigenvalue weighted by atomic mass is 32.2. The van der Waals surface area contributed by atoms with Gasteiger partial charge in [0.05, 0.1) is 4.92 Å². The molecule has 0 aliphatic heterocycles. The molecule has 0 spiro atoms. The quantitative estimate of drug-likeness (QED) is 0.360. The number of rotatable bonds is 7. The maximum atomic E-state index is 13.5. The molecule has 0 heterocycles. The Bertz CT molecular complexity index is 637. The van der Waals surface area contributed by atoms with E-state index in [1.807, 2.05) is 0 Å². The van der Waals surface area contributed by atoms with Crippen LogP contribution in [-0.4, -0.2) is 19.9 Å². The van der Waals surface area contributed by atoms with Crippen LogP contribution < -0.4 is 4.72 Å². The summed E-state index contributed by atoms with van der Waals surface area (Å²) in [6.45, 7) is 0.0894. The molecular formula is C12H13FN2O4S. The summed E-state index contributed by atoms with van der Waals surface area (Å²) in [7, 11) is -4.12. The Morgan fingerprint density at radius 3 is 2.70 bits per heavy atom. The second kappa shape index (κ2) is 6.98. The zero-order chi connectivity index (χ0) is 15.2. The van der Waals surface area contributed by atoms with Crippen molar-refractivity contribution in [3.8, 4) is 12.3 Å². The van der Waals surface area contributed by atoms with E-state index in [9.17, 15) is 22.9 Å². The Morgan fingerprint density at radius 1 is 1.40 bits per heavy atom. The molecule has 0 unspecified atom stereocenters. The fraction of sp³-hybridized carbons (Fsp3) is 0.333. The fourth-order valence-corrected chi connectivity index (χ4v) is 2.62. The first-order valence-corrected chi connectivity index (χ1v) is 7.24. The lowest BCUT2D eigenvalue weighted by Crippen LogP contribution is -2.25. The van der Waals surface area contributed by atoms with Crippen LogP contribution in [0.1, 0.15) is 19.3 Å². The predicted octanol–water partition coefficient (Wildman–Crippen LogP) is 1.82. The van der Waals surface area contributed by atoms with Crippen LogP contribution >= 0.6 is 0 Å². The van der Waals surface area contributed by atoms with Crippen LogP contribution in [0, 0.1) is 28.3 Å². The third-order valence-electron chi connectivity index (χ3n) is 2.46. The van der Waals surface area contributed by atoms with E-state index >= 15 is 0 Å². The van der Waals surface area contributed by atoms with E-state index in [1.54, 1.807) is 0 Å². The standard InChI is InChI=1S/C12H13FN2O4S/c1-2-3-4-5-8-14-20(18,19)12-9-10(15(16)17)6-7-11(12)13/h1,6-7,9,14H,3-5,8H2. The minimum Gasteiger partial charge on any atom is -0.258 e. The van der Waals surface area contributed by atoms with Gasteiger partial charge in [-0.05, 0) is 18.9 Å². The SMILES string of the molecule is C#CCCCCNS(=O)(=O)c1cc([N+](=O)[O-])ccc1F. The van der Waals surface area contributed by atoms with Crippen molar-refractivity contribution in [3.63, 3.8) is 0 Å². The molecule has 0 bridgehead atoms. The van der Waals surface area contributed by atoms with Gasteiger partial charge in [0.2, 0.25) is 10.0 Å². The molecule has 0 amide bonds. The number of nitro benzene ring substituents is 1. The summed E-state index contributed by atoms with van der Waals surface area (Å²) < 4.78 is 39.4. The molecule has 0 atom stereocenters. The normalized spacial score (nSPS) is 11.0. The van der Waals surface area contributed by atoms with E-state index in [0.29, 0.717) is 25.3 Å². The highest BCUT2D eigenvalue weighted by Gasteiger charge is 2.22. The highest BCUT2D eigenvalue weighted by molar-refractivity contribution is 7.89. The number of halogens is 1. The number of sulfonamides is 1. The summed E-state index contributed by atoms with van der Waals surface area (Å²) in [6.07, 6.45) is 6.71. The number of unbranched alkanes of at least 4 members (excludes halogenated alkanes) is 2. The van der Waals surface area contributed by atoms with Crippen molar-refractivity contribution in [3.05, 3.63) is 34.1 Å². The maximum Gasteiger partial charge on any atom is 0.270 e. The smallest absolute Gasteiger partial charge is 0.258 e. The third kappa shape index (κ3) is 4.29. The van der Waals surface area contributed by atoms with Crippen LogP contribution in [0.2, 0.25) is 0 Å². The average molecular weight is 300 g/mol. The molecular weight excluding hydrogens is 287 g/mol. The first-order chi connectivity index (χ1) is 9.38. The monoisotopic (exact) mass is 300 g/mol. The summed E-state index contributed by atoms with van der Waals surface area (Å²) in [5.41, 5.74) is -0.487. The van der Waals surface area contributed by atoms with Gasteiger partial charge in [-0.1, -0.05) is 0 Å². The van der Waals surface area contributed by atoms with E-state index in [4.69, 9.17) is 6.42 Å². The summed E-state index contributed by atoms with van der Waals surface area (Å²) in [6, 6.07) is 2.35. The molecule has 6 nitrogen and oxygen atoms in total. The first kappa shape index (κ1) is 16.1. The minimum atomic E-state index is -4.12. The summed E-state index contributed by atoms with van der Waals surface area (Å²) in [4.78, 5) is 9.05. The molecule has 8 heteroatoms. The van der Waals surface area contributed by atoms with Crippen LogP contribution in [0.5, 0.6) is 0 Å². The van der Waals surface area contributed by atoms with Crippen molar-refractivity contribution >= 4 is 15.7 Å². The molecule has 0 saturated carbocycles. The Labute approximate surface area is 116 Å². The number of nitrogens with zero attached hydrogens (tertiary/aromatic N) is 1. The Kier molecular flexibility index (Phi) is 5.61. The number of non-ortho nitro benzene ring substituents is 1. The first-order valence-electron chi connectivity index (χ1n) is 5.75. The number of hydrogen-bond donors (Lipinski definition) is 1. The topological polar surface area (TPSA) is 89.3 Å². The molecule has 0 radical (unpaired) electrons. The molecule has 0 aromatic heterocycles. The molecule has 1 aromatic carbocycles. The van der Waals surface area contributed by atoms with E-state index in [-0.39, 0.29) is 6.54 Å². The maximum absolute atomic E-state index is 13.5. The van der Waals surface area contributed by atoms with Gasteiger partial charge in [-0.2, -0.15) is 0 Å². The Balaban J connectivity index is 2.84. The zero-order valence-corrected chi connectivity index (χ0v) is 11.3. The van der Waals surface area contributed by atoms with Crippen LogP contribution in [0.3, 0.4) is 0 Å². The summed E-state index contributed by atoms with van der Waals surface area (Å²) >= 11 is 0. The number of nitrogens with one attached hydrogen (secondary N) is 1. The molecule has 0 aliphatic carbocycles. The molecule has 0 fully saturated rings. The van der Waals surface area contributed by atoms with E-state index < -0.39 is 31.3 Å². The highest BCUT2D eigenvalue weighted by Crippen LogP contribution is 2.20. The van der Waals surface area contributed by atoms with Gasteiger partial charge in [0.25, 0.3) is 5.69 Å². The van der Waals surface area contributed by atoms with Gasteiger partial charge < -0.3 is 0 Å². The molecule has 0 saturated heterocycles. The Morgan fingerprint density at radius 2 is 2.10 bits per heavy atom. The molecule has 0 aliphatic rings. The Hall–Kier alpha value is -1.98. The van der Waals surface area contributed by atoms with Gasteiger partial charge in [-0.25, -0.2) is 17.5 Å². The lowest BCUT2D eigenvalue weighted by atomic mass is 10.2. The second-order valence-corrected chi connectivity index (χ2v) is 5.67. The number of benzene rings is 1. The predicted molar refractivity (Wildman–Crippen MR) is 70.9 cm³/mol. The molecule has 1 N–H and O–H groups in total. The van der Waals surface area contributed by atoms with Gasteiger partial charge in [-0.3, -0.25) is 10.1 Å². The van der Waals surface area contributed by atoms with Crippen molar-refractivity contribution < 1.29 is 17.7 Å². The van der Waals surface area contributed by atoms with Crippen LogP contribution in [0.4, 0.5) is 10.1 Å². The minimum absolute atomic E-state index is 0.0894. The van der Waals surface area contributed by atoms with Gasteiger partial charge in [0, 0.05) is 25.1 Å². The fourth-order valence-electron chi connectivity index (χ4n) is 1.45. The molecule has 108 valence electrons. The second-order valence-electron chi connectivity index (χ2n) is 3.93. The van der Waals surface area contributed by atoms with Crippen molar-refractivity contribution in [2.24, 2.45) is 0 Å². The number of hydrogen-bond acceptors (Lipinski definition) is 4. The van der Waals surface area contributed by atoms with E-state index in [1.165, 1.54) is 0 Å². The third-order valence-corrected chi connectivity index (χ3v) is 3.93. The number of nitro groups is 1. The number of terminal acetylenes is 1. The van der Waals surface area contributed by atoms with Crippen molar-refractivity contribution in [1.29, 1.82) is 0 Å². The molecule has 1 rings (SSSR count). The zero-order valence-electron chi connectivity index (χ0n) is 10.5. The summed E-state index contributed by atoms with van der Waals surface area (Å²) in [5, 5.41) is 10.6.